The molecule has 0 atom stereocenters. The van der Waals surface area contributed by atoms with Gasteiger partial charge in [-0.15, -0.1) is 0 Å². The van der Waals surface area contributed by atoms with Gasteiger partial charge in [0.05, 0.1) is 0 Å². The minimum absolute atomic E-state index is 0.0704. The van der Waals surface area contributed by atoms with E-state index in [0.717, 1.165) is 0 Å². The Bertz CT molecular complexity index is 837. The highest BCUT2D eigenvalue weighted by Crippen LogP contribution is 2.19. The van der Waals surface area contributed by atoms with Crippen LogP contribution in [0.5, 0.6) is 5.75 Å². The molecule has 0 aromatic heterocycles. The minimum Gasteiger partial charge on any atom is -0.484 e. The monoisotopic (exact) mass is 409 g/mol. The Hall–Kier alpha value is -3.23. The molecule has 0 aliphatic carbocycles. The van der Waals surface area contributed by atoms with Gasteiger partial charge < -0.3 is 20.7 Å². The first-order valence-corrected chi connectivity index (χ1v) is 8.86. The molecule has 0 aliphatic heterocycles. The van der Waals surface area contributed by atoms with Crippen molar-refractivity contribution in [2.75, 3.05) is 17.2 Å². The predicted molar refractivity (Wildman–Crippen MR) is 104 cm³/mol. The first-order chi connectivity index (χ1) is 13.6. The van der Waals surface area contributed by atoms with Crippen molar-refractivity contribution in [3.8, 4) is 5.75 Å². The van der Waals surface area contributed by atoms with Gasteiger partial charge in [0.2, 0.25) is 5.91 Å². The van der Waals surface area contributed by atoms with Gasteiger partial charge in [0.25, 0.3) is 0 Å². The fourth-order valence-electron chi connectivity index (χ4n) is 2.19. The molecule has 156 valence electrons. The highest BCUT2D eigenvalue weighted by Gasteiger charge is 2.28. The molecule has 2 rings (SSSR count). The molecule has 0 spiro atoms. The van der Waals surface area contributed by atoms with E-state index in [4.69, 9.17) is 0 Å². The number of carbonyl (C=O) groups excluding carboxylic acids is 2. The number of halogens is 3. The molecule has 0 saturated carbocycles. The van der Waals surface area contributed by atoms with E-state index in [-0.39, 0.29) is 24.1 Å². The van der Waals surface area contributed by atoms with E-state index in [0.29, 0.717) is 16.9 Å². The van der Waals surface area contributed by atoms with Gasteiger partial charge in [-0.05, 0) is 42.0 Å². The molecular formula is C20H22F3N3O3. The lowest BCUT2D eigenvalue weighted by atomic mass is 10.2. The number of urea groups is 1. The van der Waals surface area contributed by atoms with Crippen LogP contribution in [0.4, 0.5) is 29.3 Å². The third kappa shape index (κ3) is 8.12. The summed E-state index contributed by atoms with van der Waals surface area (Å²) >= 11 is 0. The van der Waals surface area contributed by atoms with Gasteiger partial charge in [-0.2, -0.15) is 13.2 Å². The Morgan fingerprint density at radius 3 is 2.21 bits per heavy atom. The van der Waals surface area contributed by atoms with Gasteiger partial charge in [0, 0.05) is 23.8 Å². The third-order valence-corrected chi connectivity index (χ3v) is 3.69. The highest BCUT2D eigenvalue weighted by molar-refractivity contribution is 5.93. The minimum atomic E-state index is -4.42. The van der Waals surface area contributed by atoms with Gasteiger partial charge in [-0.3, -0.25) is 4.79 Å². The van der Waals surface area contributed by atoms with E-state index < -0.39 is 18.8 Å². The van der Waals surface area contributed by atoms with E-state index in [9.17, 15) is 22.8 Å². The molecule has 0 radical (unpaired) electrons. The van der Waals surface area contributed by atoms with Crippen LogP contribution in [0.2, 0.25) is 0 Å². The van der Waals surface area contributed by atoms with Crippen molar-refractivity contribution in [2.24, 2.45) is 5.92 Å². The Balaban J connectivity index is 1.83. The molecule has 2 aromatic carbocycles. The standard InChI is InChI=1S/C20H22F3N3O3/c1-13(2)18(27)25-15-6-8-16(9-7-15)26-19(28)24-11-14-4-3-5-17(10-14)29-12-20(21,22)23/h3-10,13H,11-12H2,1-2H3,(H,25,27)(H2,24,26,28). The summed E-state index contributed by atoms with van der Waals surface area (Å²) in [4.78, 5) is 23.7. The maximum Gasteiger partial charge on any atom is 0.422 e. The molecule has 0 unspecified atom stereocenters. The molecule has 2 aromatic rings. The number of hydrogen-bond acceptors (Lipinski definition) is 3. The summed E-state index contributed by atoms with van der Waals surface area (Å²) < 4.78 is 41.3. The summed E-state index contributed by atoms with van der Waals surface area (Å²) in [5.41, 5.74) is 1.73. The lowest BCUT2D eigenvalue weighted by Crippen LogP contribution is -2.28. The Kier molecular flexibility index (Phi) is 7.46. The van der Waals surface area contributed by atoms with E-state index in [1.54, 1.807) is 50.2 Å². The largest absolute Gasteiger partial charge is 0.484 e. The van der Waals surface area contributed by atoms with Gasteiger partial charge in [0.1, 0.15) is 5.75 Å². The summed E-state index contributed by atoms with van der Waals surface area (Å²) in [6.45, 7) is 2.30. The van der Waals surface area contributed by atoms with Crippen molar-refractivity contribution in [2.45, 2.75) is 26.6 Å². The van der Waals surface area contributed by atoms with E-state index in [2.05, 4.69) is 20.7 Å². The number of ether oxygens (including phenoxy) is 1. The average molecular weight is 409 g/mol. The molecule has 3 amide bonds. The number of amides is 3. The second-order valence-electron chi connectivity index (χ2n) is 6.58. The first-order valence-electron chi connectivity index (χ1n) is 8.86. The van der Waals surface area contributed by atoms with E-state index in [1.165, 1.54) is 12.1 Å². The number of rotatable bonds is 7. The van der Waals surface area contributed by atoms with Crippen LogP contribution in [0, 0.1) is 5.92 Å². The quantitative estimate of drug-likeness (QED) is 0.628. The number of nitrogens with one attached hydrogen (secondary N) is 3. The maximum absolute atomic E-state index is 12.2. The van der Waals surface area contributed by atoms with Crippen LogP contribution in [-0.4, -0.2) is 24.7 Å². The van der Waals surface area contributed by atoms with Crippen LogP contribution in [0.25, 0.3) is 0 Å². The molecule has 6 nitrogen and oxygen atoms in total. The van der Waals surface area contributed by atoms with Crippen molar-refractivity contribution >= 4 is 23.3 Å². The summed E-state index contributed by atoms with van der Waals surface area (Å²) in [5.74, 6) is -0.179. The van der Waals surface area contributed by atoms with Crippen LogP contribution in [-0.2, 0) is 11.3 Å². The van der Waals surface area contributed by atoms with Crippen LogP contribution in [0.15, 0.2) is 48.5 Å². The van der Waals surface area contributed by atoms with E-state index in [1.807, 2.05) is 0 Å². The highest BCUT2D eigenvalue weighted by atomic mass is 19.4. The first kappa shape index (κ1) is 22.1. The smallest absolute Gasteiger partial charge is 0.422 e. The van der Waals surface area contributed by atoms with Crippen LogP contribution in [0.1, 0.15) is 19.4 Å². The van der Waals surface area contributed by atoms with Crippen molar-refractivity contribution in [3.63, 3.8) is 0 Å². The predicted octanol–water partition coefficient (Wildman–Crippen LogP) is 4.54. The number of hydrogen-bond donors (Lipinski definition) is 3. The molecule has 0 heterocycles. The van der Waals surface area contributed by atoms with E-state index >= 15 is 0 Å². The molecule has 0 bridgehead atoms. The summed E-state index contributed by atoms with van der Waals surface area (Å²) in [5, 5.41) is 7.99. The fraction of sp³-hybridized carbons (Fsp3) is 0.300. The number of alkyl halides is 3. The van der Waals surface area contributed by atoms with Crippen LogP contribution in [0.3, 0.4) is 0 Å². The normalized spacial score (nSPS) is 11.1. The van der Waals surface area contributed by atoms with Crippen molar-refractivity contribution in [1.82, 2.24) is 5.32 Å². The second-order valence-corrected chi connectivity index (χ2v) is 6.58. The number of anilines is 2. The zero-order chi connectivity index (χ0) is 21.4. The SMILES string of the molecule is CC(C)C(=O)Nc1ccc(NC(=O)NCc2cccc(OCC(F)(F)F)c2)cc1. The Morgan fingerprint density at radius 1 is 1.00 bits per heavy atom. The molecular weight excluding hydrogens is 387 g/mol. The lowest BCUT2D eigenvalue weighted by Gasteiger charge is -2.12. The fourth-order valence-corrected chi connectivity index (χ4v) is 2.19. The van der Waals surface area contributed by atoms with Gasteiger partial charge in [0.15, 0.2) is 6.61 Å². The average Bonchev–Trinajstić information content (AvgIpc) is 2.66. The van der Waals surface area contributed by atoms with Crippen molar-refractivity contribution < 1.29 is 27.5 Å². The zero-order valence-corrected chi connectivity index (χ0v) is 16.0. The van der Waals surface area contributed by atoms with Gasteiger partial charge in [-0.1, -0.05) is 26.0 Å². The molecule has 9 heteroatoms. The summed E-state index contributed by atoms with van der Waals surface area (Å²) in [6, 6.07) is 12.2. The topological polar surface area (TPSA) is 79.5 Å². The summed E-state index contributed by atoms with van der Waals surface area (Å²) in [6.07, 6.45) is -4.42. The third-order valence-electron chi connectivity index (χ3n) is 3.69. The molecule has 0 aliphatic rings. The van der Waals surface area contributed by atoms with Crippen molar-refractivity contribution in [1.29, 1.82) is 0 Å². The molecule has 29 heavy (non-hydrogen) atoms. The van der Waals surface area contributed by atoms with Gasteiger partial charge >= 0.3 is 12.2 Å². The second kappa shape index (κ2) is 9.81. The molecule has 3 N–H and O–H groups in total. The van der Waals surface area contributed by atoms with Crippen LogP contribution >= 0.6 is 0 Å². The number of benzene rings is 2. The summed E-state index contributed by atoms with van der Waals surface area (Å²) in [7, 11) is 0. The maximum atomic E-state index is 12.2. The van der Waals surface area contributed by atoms with Crippen LogP contribution < -0.4 is 20.7 Å². The van der Waals surface area contributed by atoms with Gasteiger partial charge in [-0.25, -0.2) is 4.79 Å². The molecule has 0 fully saturated rings. The Morgan fingerprint density at radius 2 is 1.62 bits per heavy atom. The van der Waals surface area contributed by atoms with Crippen molar-refractivity contribution in [3.05, 3.63) is 54.1 Å². The number of carbonyl (C=O) groups is 2. The molecule has 0 saturated heterocycles. The zero-order valence-electron chi connectivity index (χ0n) is 16.0. The Labute approximate surface area is 166 Å². The lowest BCUT2D eigenvalue weighted by molar-refractivity contribution is -0.153.